The van der Waals surface area contributed by atoms with Crippen molar-refractivity contribution in [3.8, 4) is 0 Å². The van der Waals surface area contributed by atoms with E-state index < -0.39 is 0 Å². The van der Waals surface area contributed by atoms with Crippen molar-refractivity contribution >= 4 is 33.4 Å². The van der Waals surface area contributed by atoms with Gasteiger partial charge in [0.2, 0.25) is 5.95 Å². The molecule has 32 heavy (non-hydrogen) atoms. The lowest BCUT2D eigenvalue weighted by atomic mass is 10.2. The van der Waals surface area contributed by atoms with Gasteiger partial charge in [0, 0.05) is 38.6 Å². The van der Waals surface area contributed by atoms with Crippen LogP contribution in [0, 0.1) is 6.92 Å². The molecule has 0 aliphatic carbocycles. The Morgan fingerprint density at radius 3 is 2.44 bits per heavy atom. The average molecular weight is 447 g/mol. The van der Waals surface area contributed by atoms with Crippen molar-refractivity contribution in [2.75, 3.05) is 31.1 Å². The van der Waals surface area contributed by atoms with Crippen LogP contribution in [-0.4, -0.2) is 56.5 Å². The van der Waals surface area contributed by atoms with Gasteiger partial charge >= 0.3 is 0 Å². The molecule has 8 nitrogen and oxygen atoms in total. The number of thiophene rings is 1. The summed E-state index contributed by atoms with van der Waals surface area (Å²) in [5.41, 5.74) is 1.63. The zero-order valence-electron chi connectivity index (χ0n) is 17.6. The van der Waals surface area contributed by atoms with Gasteiger partial charge in [0.15, 0.2) is 0 Å². The van der Waals surface area contributed by atoms with Crippen molar-refractivity contribution in [3.63, 3.8) is 0 Å². The highest BCUT2D eigenvalue weighted by Gasteiger charge is 2.27. The lowest BCUT2D eigenvalue weighted by Gasteiger charge is -2.34. The van der Waals surface area contributed by atoms with Crippen molar-refractivity contribution in [1.82, 2.24) is 24.4 Å². The summed E-state index contributed by atoms with van der Waals surface area (Å²) in [7, 11) is 0. The minimum absolute atomic E-state index is 0.0480. The lowest BCUT2D eigenvalue weighted by Crippen LogP contribution is -2.49. The van der Waals surface area contributed by atoms with E-state index in [1.54, 1.807) is 29.4 Å². The van der Waals surface area contributed by atoms with E-state index in [9.17, 15) is 9.59 Å². The van der Waals surface area contributed by atoms with Crippen LogP contribution >= 0.6 is 11.3 Å². The van der Waals surface area contributed by atoms with Crippen LogP contribution in [0.1, 0.15) is 20.8 Å². The van der Waals surface area contributed by atoms with E-state index in [-0.39, 0.29) is 11.5 Å². The first-order valence-electron chi connectivity index (χ1n) is 10.5. The minimum atomic E-state index is -0.113. The van der Waals surface area contributed by atoms with E-state index in [2.05, 4.69) is 19.9 Å². The maximum Gasteiger partial charge on any atom is 0.264 e. The Bertz CT molecular complexity index is 1310. The van der Waals surface area contributed by atoms with Gasteiger partial charge in [-0.05, 0) is 24.1 Å². The number of amides is 1. The number of benzene rings is 1. The molecule has 0 saturated carbocycles. The summed E-state index contributed by atoms with van der Waals surface area (Å²) in [4.78, 5) is 44.6. The average Bonchev–Trinajstić information content (AvgIpc) is 3.19. The molecule has 4 aromatic rings. The van der Waals surface area contributed by atoms with Crippen LogP contribution < -0.4 is 10.5 Å². The van der Waals surface area contributed by atoms with Crippen LogP contribution in [0.4, 0.5) is 5.95 Å². The molecule has 5 rings (SSSR count). The largest absolute Gasteiger partial charge is 0.337 e. The normalized spacial score (nSPS) is 14.2. The molecule has 3 aromatic heterocycles. The van der Waals surface area contributed by atoms with Gasteiger partial charge in [-0.15, -0.1) is 11.3 Å². The van der Waals surface area contributed by atoms with Crippen molar-refractivity contribution in [2.45, 2.75) is 13.5 Å². The minimum Gasteiger partial charge on any atom is -0.337 e. The molecule has 1 aliphatic rings. The van der Waals surface area contributed by atoms with Gasteiger partial charge in [0.25, 0.3) is 11.5 Å². The van der Waals surface area contributed by atoms with Crippen molar-refractivity contribution in [3.05, 3.63) is 81.5 Å². The van der Waals surface area contributed by atoms with E-state index in [1.165, 1.54) is 11.3 Å². The zero-order chi connectivity index (χ0) is 22.1. The number of hydrogen-bond donors (Lipinski definition) is 0. The number of aromatic nitrogens is 4. The van der Waals surface area contributed by atoms with Crippen molar-refractivity contribution in [2.24, 2.45) is 0 Å². The van der Waals surface area contributed by atoms with Gasteiger partial charge in [0.1, 0.15) is 4.83 Å². The van der Waals surface area contributed by atoms with Gasteiger partial charge in [-0.1, -0.05) is 30.3 Å². The third-order valence-electron chi connectivity index (χ3n) is 5.71. The molecule has 1 amide bonds. The molecule has 9 heteroatoms. The van der Waals surface area contributed by atoms with Crippen LogP contribution in [0.25, 0.3) is 10.2 Å². The van der Waals surface area contributed by atoms with E-state index in [0.29, 0.717) is 59.3 Å². The monoisotopic (exact) mass is 446 g/mol. The molecule has 0 bridgehead atoms. The Morgan fingerprint density at radius 1 is 1.00 bits per heavy atom. The van der Waals surface area contributed by atoms with Crippen LogP contribution in [0.2, 0.25) is 0 Å². The third kappa shape index (κ3) is 3.75. The first-order valence-corrected chi connectivity index (χ1v) is 11.3. The predicted molar refractivity (Wildman–Crippen MR) is 124 cm³/mol. The fourth-order valence-electron chi connectivity index (χ4n) is 3.96. The summed E-state index contributed by atoms with van der Waals surface area (Å²) in [6, 6.07) is 11.6. The summed E-state index contributed by atoms with van der Waals surface area (Å²) in [5, 5.41) is 0.535. The Balaban J connectivity index is 1.37. The second kappa shape index (κ2) is 8.51. The highest BCUT2D eigenvalue weighted by atomic mass is 32.1. The smallest absolute Gasteiger partial charge is 0.264 e. The number of aryl methyl sites for hydroxylation is 1. The Morgan fingerprint density at radius 2 is 1.72 bits per heavy atom. The third-order valence-corrected chi connectivity index (χ3v) is 6.90. The van der Waals surface area contributed by atoms with E-state index >= 15 is 0 Å². The molecule has 0 atom stereocenters. The van der Waals surface area contributed by atoms with E-state index in [4.69, 9.17) is 0 Å². The zero-order valence-corrected chi connectivity index (χ0v) is 18.5. The second-order valence-electron chi connectivity index (χ2n) is 7.73. The number of piperazine rings is 1. The molecule has 0 radical (unpaired) electrons. The van der Waals surface area contributed by atoms with E-state index in [1.807, 2.05) is 42.2 Å². The van der Waals surface area contributed by atoms with Crippen molar-refractivity contribution in [1.29, 1.82) is 0 Å². The number of carbonyl (C=O) groups excluding carboxylic acids is 1. The number of hydrogen-bond acceptors (Lipinski definition) is 7. The molecule has 0 N–H and O–H groups in total. The summed E-state index contributed by atoms with van der Waals surface area (Å²) in [6.07, 6.45) is 5.01. The summed E-state index contributed by atoms with van der Waals surface area (Å²) >= 11 is 1.30. The van der Waals surface area contributed by atoms with Gasteiger partial charge < -0.3 is 9.80 Å². The number of fused-ring (bicyclic) bond motifs is 1. The SMILES string of the molecule is Cc1c(C(=O)N2CCN(c3ncccn3)CC2)sc2ncn(Cc3ccccc3)c(=O)c12. The van der Waals surface area contributed by atoms with E-state index in [0.717, 1.165) is 5.56 Å². The molecule has 1 aliphatic heterocycles. The van der Waals surface area contributed by atoms with Crippen LogP contribution in [0.3, 0.4) is 0 Å². The van der Waals surface area contributed by atoms with Crippen molar-refractivity contribution < 1.29 is 4.79 Å². The first-order chi connectivity index (χ1) is 15.6. The summed E-state index contributed by atoms with van der Waals surface area (Å²) in [6.45, 7) is 4.79. The summed E-state index contributed by atoms with van der Waals surface area (Å²) < 4.78 is 1.60. The molecular formula is C23H22N6O2S. The Hall–Kier alpha value is -3.59. The van der Waals surface area contributed by atoms with Crippen LogP contribution in [-0.2, 0) is 6.54 Å². The predicted octanol–water partition coefficient (Wildman–Crippen LogP) is 2.57. The molecular weight excluding hydrogens is 424 g/mol. The van der Waals surface area contributed by atoms with Crippen LogP contribution in [0.15, 0.2) is 59.9 Å². The standard InChI is InChI=1S/C23H22N6O2S/c1-16-18-20(26-15-29(21(18)30)14-17-6-3-2-4-7-17)32-19(16)22(31)27-10-12-28(13-11-27)23-24-8-5-9-25-23/h2-9,15H,10-14H2,1H3. The molecule has 4 heterocycles. The van der Waals surface area contributed by atoms with Gasteiger partial charge in [-0.2, -0.15) is 0 Å². The quantitative estimate of drug-likeness (QED) is 0.479. The number of carbonyl (C=O) groups is 1. The molecule has 1 fully saturated rings. The molecule has 0 unspecified atom stereocenters. The van der Waals surface area contributed by atoms with Gasteiger partial charge in [-0.25, -0.2) is 15.0 Å². The highest BCUT2D eigenvalue weighted by Crippen LogP contribution is 2.28. The Kier molecular flexibility index (Phi) is 5.40. The topological polar surface area (TPSA) is 84.2 Å². The molecule has 1 aromatic carbocycles. The van der Waals surface area contributed by atoms with Crippen LogP contribution in [0.5, 0.6) is 0 Å². The Labute approximate surface area is 188 Å². The maximum absolute atomic E-state index is 13.3. The maximum atomic E-state index is 13.3. The van der Waals surface area contributed by atoms with Gasteiger partial charge in [0.05, 0.1) is 23.1 Å². The lowest BCUT2D eigenvalue weighted by molar-refractivity contribution is 0.0750. The second-order valence-corrected chi connectivity index (χ2v) is 8.73. The highest BCUT2D eigenvalue weighted by molar-refractivity contribution is 7.20. The number of anilines is 1. The fourth-order valence-corrected chi connectivity index (χ4v) is 5.07. The van der Waals surface area contributed by atoms with Gasteiger partial charge in [-0.3, -0.25) is 14.2 Å². The summed E-state index contributed by atoms with van der Waals surface area (Å²) in [5.74, 6) is 0.633. The fraction of sp³-hybridized carbons (Fsp3) is 0.261. The molecule has 162 valence electrons. The first kappa shape index (κ1) is 20.3. The molecule has 1 saturated heterocycles. The molecule has 0 spiro atoms. The number of rotatable bonds is 4. The number of nitrogens with zero attached hydrogens (tertiary/aromatic N) is 6.